The molecular weight excluding hydrogens is 474 g/mol. The number of benzene rings is 3. The third kappa shape index (κ3) is 5.07. The van der Waals surface area contributed by atoms with E-state index in [-0.39, 0.29) is 21.4 Å². The molecule has 0 radical (unpaired) electrons. The lowest BCUT2D eigenvalue weighted by Crippen LogP contribution is -2.23. The van der Waals surface area contributed by atoms with Crippen molar-refractivity contribution in [3.05, 3.63) is 77.9 Å². The molecule has 0 aliphatic carbocycles. The van der Waals surface area contributed by atoms with Crippen molar-refractivity contribution in [3.63, 3.8) is 0 Å². The van der Waals surface area contributed by atoms with Gasteiger partial charge in [0.1, 0.15) is 0 Å². The van der Waals surface area contributed by atoms with Crippen LogP contribution in [0.3, 0.4) is 0 Å². The van der Waals surface area contributed by atoms with Crippen molar-refractivity contribution in [2.24, 2.45) is 0 Å². The maximum absolute atomic E-state index is 12.8. The normalized spacial score (nSPS) is 14.3. The minimum atomic E-state index is -3.89. The van der Waals surface area contributed by atoms with Crippen LogP contribution in [0.1, 0.15) is 24.0 Å². The zero-order valence-corrected chi connectivity index (χ0v) is 20.4. The van der Waals surface area contributed by atoms with Crippen LogP contribution in [0.2, 0.25) is 0 Å². The highest BCUT2D eigenvalue weighted by Gasteiger charge is 2.23. The number of anilines is 3. The molecule has 0 spiro atoms. The van der Waals surface area contributed by atoms with Crippen LogP contribution in [0.5, 0.6) is 0 Å². The molecule has 3 aromatic rings. The van der Waals surface area contributed by atoms with E-state index in [1.807, 2.05) is 26.0 Å². The summed E-state index contributed by atoms with van der Waals surface area (Å²) in [4.78, 5) is 13.6. The molecule has 1 aliphatic rings. The Balaban J connectivity index is 1.48. The van der Waals surface area contributed by atoms with E-state index in [9.17, 15) is 21.6 Å². The summed E-state index contributed by atoms with van der Waals surface area (Å²) >= 11 is 0. The second kappa shape index (κ2) is 9.11. The fourth-order valence-electron chi connectivity index (χ4n) is 3.69. The molecule has 34 heavy (non-hydrogen) atoms. The summed E-state index contributed by atoms with van der Waals surface area (Å²) in [6.45, 7) is 4.30. The topological polar surface area (TPSA) is 113 Å². The van der Waals surface area contributed by atoms with Gasteiger partial charge in [0.05, 0.1) is 15.5 Å². The Morgan fingerprint density at radius 2 is 1.35 bits per heavy atom. The lowest BCUT2D eigenvalue weighted by atomic mass is 10.1. The zero-order valence-electron chi connectivity index (χ0n) is 18.8. The molecule has 0 bridgehead atoms. The van der Waals surface area contributed by atoms with Gasteiger partial charge < -0.3 is 4.90 Å². The average Bonchev–Trinajstić information content (AvgIpc) is 3.22. The van der Waals surface area contributed by atoms with Gasteiger partial charge in [-0.2, -0.15) is 0 Å². The minimum Gasteiger partial charge on any atom is -0.312 e. The smallest absolute Gasteiger partial charge is 0.261 e. The van der Waals surface area contributed by atoms with Gasteiger partial charge in [-0.05, 0) is 86.0 Å². The highest BCUT2D eigenvalue weighted by atomic mass is 32.2. The van der Waals surface area contributed by atoms with Crippen LogP contribution in [0.4, 0.5) is 17.1 Å². The van der Waals surface area contributed by atoms with Gasteiger partial charge in [0, 0.05) is 24.3 Å². The Labute approximate surface area is 199 Å². The van der Waals surface area contributed by atoms with E-state index in [4.69, 9.17) is 0 Å². The first-order valence-corrected chi connectivity index (χ1v) is 13.7. The number of hydrogen-bond donors (Lipinski definition) is 2. The molecule has 0 aromatic heterocycles. The number of sulfonamides is 2. The zero-order chi connectivity index (χ0) is 24.5. The number of hydrogen-bond acceptors (Lipinski definition) is 5. The summed E-state index contributed by atoms with van der Waals surface area (Å²) in [6, 6.07) is 17.0. The van der Waals surface area contributed by atoms with Crippen molar-refractivity contribution < 1.29 is 21.6 Å². The van der Waals surface area contributed by atoms with Crippen LogP contribution in [0.15, 0.2) is 76.5 Å². The Morgan fingerprint density at radius 1 is 0.765 bits per heavy atom. The van der Waals surface area contributed by atoms with Crippen molar-refractivity contribution >= 4 is 43.0 Å². The van der Waals surface area contributed by atoms with Crippen LogP contribution in [0, 0.1) is 13.8 Å². The quantitative estimate of drug-likeness (QED) is 0.510. The predicted molar refractivity (Wildman–Crippen MR) is 132 cm³/mol. The fourth-order valence-corrected chi connectivity index (χ4v) is 5.87. The third-order valence-electron chi connectivity index (χ3n) is 5.59. The lowest BCUT2D eigenvalue weighted by Gasteiger charge is -2.16. The van der Waals surface area contributed by atoms with Crippen LogP contribution in [0.25, 0.3) is 0 Å². The van der Waals surface area contributed by atoms with Gasteiger partial charge in [-0.1, -0.05) is 12.1 Å². The number of aryl methyl sites for hydroxylation is 2. The Bertz CT molecular complexity index is 1430. The number of amides is 1. The van der Waals surface area contributed by atoms with Gasteiger partial charge in [-0.25, -0.2) is 16.8 Å². The van der Waals surface area contributed by atoms with Crippen LogP contribution < -0.4 is 14.3 Å². The molecule has 1 aliphatic heterocycles. The molecule has 2 N–H and O–H groups in total. The van der Waals surface area contributed by atoms with Crippen LogP contribution in [-0.4, -0.2) is 29.3 Å². The van der Waals surface area contributed by atoms with E-state index in [0.717, 1.165) is 17.5 Å². The van der Waals surface area contributed by atoms with E-state index in [1.165, 1.54) is 36.4 Å². The van der Waals surface area contributed by atoms with Crippen molar-refractivity contribution in [2.45, 2.75) is 36.5 Å². The molecule has 0 unspecified atom stereocenters. The molecule has 1 saturated heterocycles. The van der Waals surface area contributed by atoms with Gasteiger partial charge in [-0.15, -0.1) is 0 Å². The Morgan fingerprint density at radius 3 is 1.94 bits per heavy atom. The molecule has 1 amide bonds. The highest BCUT2D eigenvalue weighted by molar-refractivity contribution is 7.93. The Kier molecular flexibility index (Phi) is 6.37. The molecular formula is C24H25N3O5S2. The molecule has 1 heterocycles. The summed E-state index contributed by atoms with van der Waals surface area (Å²) in [5, 5.41) is 0. The number of rotatable bonds is 7. The number of carbonyl (C=O) groups is 1. The van der Waals surface area contributed by atoms with E-state index in [1.54, 1.807) is 23.1 Å². The van der Waals surface area contributed by atoms with Gasteiger partial charge >= 0.3 is 0 Å². The molecule has 3 aromatic carbocycles. The van der Waals surface area contributed by atoms with Crippen molar-refractivity contribution in [2.75, 3.05) is 20.9 Å². The van der Waals surface area contributed by atoms with E-state index in [2.05, 4.69) is 9.44 Å². The standard InChI is InChI=1S/C24H25N3O5S2/c1-17-5-6-18(2)23(16-17)26-34(31,32)21-11-7-19(8-12-21)25-33(29,30)22-13-9-20(10-14-22)27-15-3-4-24(27)28/h5-14,16,25-26H,3-4,15H2,1-2H3. The fraction of sp³-hybridized carbons (Fsp3) is 0.208. The second-order valence-electron chi connectivity index (χ2n) is 8.20. The van der Waals surface area contributed by atoms with E-state index < -0.39 is 20.0 Å². The summed E-state index contributed by atoms with van der Waals surface area (Å²) in [6.07, 6.45) is 1.28. The third-order valence-corrected chi connectivity index (χ3v) is 8.36. The van der Waals surface area contributed by atoms with Crippen molar-refractivity contribution in [1.82, 2.24) is 0 Å². The molecule has 4 rings (SSSR count). The van der Waals surface area contributed by atoms with Crippen LogP contribution in [-0.2, 0) is 24.8 Å². The maximum atomic E-state index is 12.8. The summed E-state index contributed by atoms with van der Waals surface area (Å²) in [5.41, 5.74) is 3.09. The summed E-state index contributed by atoms with van der Waals surface area (Å²) in [7, 11) is -7.73. The number of carbonyl (C=O) groups excluding carboxylic acids is 1. The lowest BCUT2D eigenvalue weighted by molar-refractivity contribution is -0.117. The van der Waals surface area contributed by atoms with Gasteiger partial charge in [0.25, 0.3) is 20.0 Å². The molecule has 0 saturated carbocycles. The maximum Gasteiger partial charge on any atom is 0.261 e. The molecule has 8 nitrogen and oxygen atoms in total. The van der Waals surface area contributed by atoms with Crippen molar-refractivity contribution in [1.29, 1.82) is 0 Å². The molecule has 0 atom stereocenters. The van der Waals surface area contributed by atoms with Crippen LogP contribution >= 0.6 is 0 Å². The first-order valence-electron chi connectivity index (χ1n) is 10.7. The largest absolute Gasteiger partial charge is 0.312 e. The SMILES string of the molecule is Cc1ccc(C)c(NS(=O)(=O)c2ccc(NS(=O)(=O)c3ccc(N4CCCC4=O)cc3)cc2)c1. The number of nitrogens with one attached hydrogen (secondary N) is 2. The van der Waals surface area contributed by atoms with Crippen molar-refractivity contribution in [3.8, 4) is 0 Å². The van der Waals surface area contributed by atoms with Gasteiger partial charge in [0.15, 0.2) is 0 Å². The van der Waals surface area contributed by atoms with E-state index >= 15 is 0 Å². The first kappa shape index (κ1) is 23.8. The molecule has 1 fully saturated rings. The minimum absolute atomic E-state index is 0.0102. The number of nitrogens with zero attached hydrogens (tertiary/aromatic N) is 1. The summed E-state index contributed by atoms with van der Waals surface area (Å²) < 4.78 is 56.1. The van der Waals surface area contributed by atoms with Gasteiger partial charge in [-0.3, -0.25) is 14.2 Å². The van der Waals surface area contributed by atoms with Gasteiger partial charge in [0.2, 0.25) is 5.91 Å². The predicted octanol–water partition coefficient (Wildman–Crippen LogP) is 4.03. The molecule has 10 heteroatoms. The molecule has 178 valence electrons. The second-order valence-corrected chi connectivity index (χ2v) is 11.6. The Hall–Kier alpha value is -3.37. The van der Waals surface area contributed by atoms with E-state index in [0.29, 0.717) is 24.3 Å². The summed E-state index contributed by atoms with van der Waals surface area (Å²) in [5.74, 6) is 0.0239. The average molecular weight is 500 g/mol. The monoisotopic (exact) mass is 499 g/mol. The first-order chi connectivity index (χ1) is 16.0. The highest BCUT2D eigenvalue weighted by Crippen LogP contribution is 2.25.